The van der Waals surface area contributed by atoms with Crippen LogP contribution in [-0.2, 0) is 6.54 Å². The molecule has 1 nitrogen and oxygen atoms in total. The van der Waals surface area contributed by atoms with Crippen molar-refractivity contribution in [3.63, 3.8) is 0 Å². The first-order chi connectivity index (χ1) is 8.08. The fourth-order valence-electron chi connectivity index (χ4n) is 1.46. The Morgan fingerprint density at radius 1 is 1.35 bits per heavy atom. The second-order valence-corrected chi connectivity index (χ2v) is 5.03. The molecule has 0 radical (unpaired) electrons. The number of benzene rings is 1. The van der Waals surface area contributed by atoms with Crippen LogP contribution in [0.3, 0.4) is 0 Å². The molecular weight excluding hydrogens is 264 g/mol. The average molecular weight is 274 g/mol. The van der Waals surface area contributed by atoms with E-state index in [0.717, 1.165) is 22.6 Å². The number of thiophene rings is 1. The van der Waals surface area contributed by atoms with E-state index in [-0.39, 0.29) is 10.7 Å². The van der Waals surface area contributed by atoms with E-state index in [1.165, 1.54) is 0 Å². The van der Waals surface area contributed by atoms with Crippen molar-refractivity contribution in [1.82, 2.24) is 0 Å². The highest BCUT2D eigenvalue weighted by molar-refractivity contribution is 7.10. The van der Waals surface area contributed by atoms with Gasteiger partial charge in [-0.1, -0.05) is 11.6 Å². The van der Waals surface area contributed by atoms with Gasteiger partial charge >= 0.3 is 0 Å². The Morgan fingerprint density at radius 2 is 2.12 bits per heavy atom. The third-order valence-corrected chi connectivity index (χ3v) is 3.72. The second kappa shape index (κ2) is 5.02. The average Bonchev–Trinajstić information content (AvgIpc) is 2.62. The molecule has 17 heavy (non-hydrogen) atoms. The van der Waals surface area contributed by atoms with Gasteiger partial charge in [0.25, 0.3) is 0 Å². The van der Waals surface area contributed by atoms with Gasteiger partial charge in [0.1, 0.15) is 5.82 Å². The maximum absolute atomic E-state index is 13.5. The maximum atomic E-state index is 13.5. The summed E-state index contributed by atoms with van der Waals surface area (Å²) >= 11 is 7.36. The molecule has 0 saturated heterocycles. The molecule has 0 bridgehead atoms. The number of aryl methyl sites for hydroxylation is 1. The Morgan fingerprint density at radius 3 is 2.71 bits per heavy atom. The largest absolute Gasteiger partial charge is 0.377 e. The molecule has 5 heteroatoms. The van der Waals surface area contributed by atoms with Crippen LogP contribution in [-0.4, -0.2) is 0 Å². The zero-order valence-corrected chi connectivity index (χ0v) is 10.6. The van der Waals surface area contributed by atoms with Crippen LogP contribution >= 0.6 is 22.9 Å². The van der Waals surface area contributed by atoms with E-state index in [0.29, 0.717) is 6.54 Å². The summed E-state index contributed by atoms with van der Waals surface area (Å²) in [5, 5.41) is 4.91. The van der Waals surface area contributed by atoms with Crippen molar-refractivity contribution in [2.45, 2.75) is 13.5 Å². The van der Waals surface area contributed by atoms with Gasteiger partial charge in [-0.05, 0) is 30.0 Å². The first kappa shape index (κ1) is 12.3. The number of hydrogen-bond donors (Lipinski definition) is 1. The molecule has 1 aromatic carbocycles. The van der Waals surface area contributed by atoms with Gasteiger partial charge in [-0.15, -0.1) is 11.3 Å². The number of rotatable bonds is 3. The quantitative estimate of drug-likeness (QED) is 0.862. The highest BCUT2D eigenvalue weighted by atomic mass is 35.5. The highest BCUT2D eigenvalue weighted by Gasteiger charge is 2.10. The van der Waals surface area contributed by atoms with Crippen molar-refractivity contribution in [2.75, 3.05) is 5.32 Å². The molecule has 0 fully saturated rings. The van der Waals surface area contributed by atoms with E-state index in [2.05, 4.69) is 5.32 Å². The highest BCUT2D eigenvalue weighted by Crippen LogP contribution is 2.27. The third kappa shape index (κ3) is 2.76. The van der Waals surface area contributed by atoms with E-state index in [1.807, 2.05) is 18.4 Å². The molecule has 0 unspecified atom stereocenters. The lowest BCUT2D eigenvalue weighted by atomic mass is 10.2. The monoisotopic (exact) mass is 273 g/mol. The van der Waals surface area contributed by atoms with Gasteiger partial charge in [-0.3, -0.25) is 0 Å². The van der Waals surface area contributed by atoms with Gasteiger partial charge in [-0.2, -0.15) is 0 Å². The minimum absolute atomic E-state index is 0.0525. The molecule has 0 aliphatic carbocycles. The van der Waals surface area contributed by atoms with Gasteiger partial charge < -0.3 is 5.32 Å². The lowest BCUT2D eigenvalue weighted by molar-refractivity contribution is 0.585. The number of hydrogen-bond acceptors (Lipinski definition) is 2. The summed E-state index contributed by atoms with van der Waals surface area (Å²) in [6.45, 7) is 2.46. The Hall–Kier alpha value is -1.13. The third-order valence-electron chi connectivity index (χ3n) is 2.40. The van der Waals surface area contributed by atoms with Crippen LogP contribution in [0, 0.1) is 18.6 Å². The topological polar surface area (TPSA) is 12.0 Å². The van der Waals surface area contributed by atoms with Crippen molar-refractivity contribution in [3.05, 3.63) is 50.7 Å². The van der Waals surface area contributed by atoms with Crippen LogP contribution < -0.4 is 5.32 Å². The van der Waals surface area contributed by atoms with E-state index >= 15 is 0 Å². The van der Waals surface area contributed by atoms with Crippen molar-refractivity contribution < 1.29 is 8.78 Å². The zero-order chi connectivity index (χ0) is 12.4. The lowest BCUT2D eigenvalue weighted by Gasteiger charge is -2.09. The normalized spacial score (nSPS) is 10.6. The minimum Gasteiger partial charge on any atom is -0.377 e. The summed E-state index contributed by atoms with van der Waals surface area (Å²) in [5.74, 6) is -1.35. The SMILES string of the molecule is Cc1ccsc1CNc1c(F)cc(F)cc1Cl. The zero-order valence-electron chi connectivity index (χ0n) is 9.06. The van der Waals surface area contributed by atoms with E-state index in [1.54, 1.807) is 11.3 Å². The van der Waals surface area contributed by atoms with Gasteiger partial charge in [0.2, 0.25) is 0 Å². The molecule has 1 heterocycles. The summed E-state index contributed by atoms with van der Waals surface area (Å²) in [7, 11) is 0. The molecular formula is C12H10ClF2NS. The first-order valence-electron chi connectivity index (χ1n) is 4.99. The standard InChI is InChI=1S/C12H10ClF2NS/c1-7-2-3-17-11(7)6-16-12-9(13)4-8(14)5-10(12)15/h2-5,16H,6H2,1H3. The van der Waals surface area contributed by atoms with Crippen molar-refractivity contribution >= 4 is 28.6 Å². The Kier molecular flexibility index (Phi) is 3.64. The molecule has 0 aliphatic heterocycles. The number of anilines is 1. The summed E-state index contributed by atoms with van der Waals surface area (Å²) in [6.07, 6.45) is 0. The van der Waals surface area contributed by atoms with Crippen molar-refractivity contribution in [2.24, 2.45) is 0 Å². The van der Waals surface area contributed by atoms with E-state index in [4.69, 9.17) is 11.6 Å². The Labute approximate surface area is 107 Å². The predicted molar refractivity (Wildman–Crippen MR) is 67.8 cm³/mol. The fourth-order valence-corrected chi connectivity index (χ4v) is 2.57. The molecule has 0 saturated carbocycles. The second-order valence-electron chi connectivity index (χ2n) is 3.62. The molecule has 0 aliphatic rings. The molecule has 0 amide bonds. The van der Waals surface area contributed by atoms with E-state index < -0.39 is 11.6 Å². The van der Waals surface area contributed by atoms with Crippen LogP contribution in [0.5, 0.6) is 0 Å². The minimum atomic E-state index is -0.677. The lowest BCUT2D eigenvalue weighted by Crippen LogP contribution is -2.02. The number of nitrogens with one attached hydrogen (secondary N) is 1. The Balaban J connectivity index is 2.17. The van der Waals surface area contributed by atoms with Gasteiger partial charge in [0.15, 0.2) is 5.82 Å². The van der Waals surface area contributed by atoms with Crippen molar-refractivity contribution in [1.29, 1.82) is 0 Å². The van der Waals surface area contributed by atoms with Gasteiger partial charge in [0.05, 0.1) is 10.7 Å². The van der Waals surface area contributed by atoms with Crippen LogP contribution in [0.4, 0.5) is 14.5 Å². The molecule has 2 aromatic rings. The molecule has 2 rings (SSSR count). The van der Waals surface area contributed by atoms with Crippen LogP contribution in [0.15, 0.2) is 23.6 Å². The predicted octanol–water partition coefficient (Wildman–Crippen LogP) is 4.60. The van der Waals surface area contributed by atoms with Gasteiger partial charge in [-0.25, -0.2) is 8.78 Å². The molecule has 1 aromatic heterocycles. The summed E-state index contributed by atoms with van der Waals surface area (Å²) in [6, 6.07) is 3.90. The summed E-state index contributed by atoms with van der Waals surface area (Å²) < 4.78 is 26.3. The summed E-state index contributed by atoms with van der Waals surface area (Å²) in [4.78, 5) is 1.10. The van der Waals surface area contributed by atoms with Crippen LogP contribution in [0.1, 0.15) is 10.4 Å². The summed E-state index contributed by atoms with van der Waals surface area (Å²) in [5.41, 5.74) is 1.28. The van der Waals surface area contributed by atoms with Crippen molar-refractivity contribution in [3.8, 4) is 0 Å². The van der Waals surface area contributed by atoms with E-state index in [9.17, 15) is 8.78 Å². The van der Waals surface area contributed by atoms with Crippen LogP contribution in [0.2, 0.25) is 5.02 Å². The van der Waals surface area contributed by atoms with Gasteiger partial charge in [0, 0.05) is 17.5 Å². The first-order valence-corrected chi connectivity index (χ1v) is 6.25. The molecule has 0 atom stereocenters. The maximum Gasteiger partial charge on any atom is 0.150 e. The molecule has 1 N–H and O–H groups in total. The molecule has 0 spiro atoms. The smallest absolute Gasteiger partial charge is 0.150 e. The number of halogens is 3. The molecule has 90 valence electrons. The Bertz CT molecular complexity index is 516. The fraction of sp³-hybridized carbons (Fsp3) is 0.167. The van der Waals surface area contributed by atoms with Crippen LogP contribution in [0.25, 0.3) is 0 Å².